The van der Waals surface area contributed by atoms with Gasteiger partial charge in [-0.1, -0.05) is 0 Å². The Bertz CT molecular complexity index is 692. The Morgan fingerprint density at radius 3 is 2.60 bits per heavy atom. The molecule has 0 saturated carbocycles. The van der Waals surface area contributed by atoms with Crippen molar-refractivity contribution in [2.24, 2.45) is 0 Å². The number of carboxylic acids is 1. The van der Waals surface area contributed by atoms with Gasteiger partial charge in [-0.3, -0.25) is 14.5 Å². The Morgan fingerprint density at radius 1 is 1.50 bits per heavy atom. The first-order valence-corrected chi connectivity index (χ1v) is 6.95. The van der Waals surface area contributed by atoms with Crippen molar-refractivity contribution < 1.29 is 27.9 Å². The fourth-order valence-corrected chi connectivity index (χ4v) is 2.94. The Kier molecular flexibility index (Phi) is 3.36. The number of likely N-dealkylation sites (tertiary alicyclic amines) is 1. The Hall–Kier alpha value is -2.20. The Labute approximate surface area is 113 Å². The van der Waals surface area contributed by atoms with E-state index >= 15 is 0 Å². The summed E-state index contributed by atoms with van der Waals surface area (Å²) in [5.41, 5.74) is -0.295. The Balaban J connectivity index is 2.21. The summed E-state index contributed by atoms with van der Waals surface area (Å²) >= 11 is 0. The van der Waals surface area contributed by atoms with Crippen molar-refractivity contribution in [2.45, 2.75) is 17.4 Å². The van der Waals surface area contributed by atoms with Crippen LogP contribution in [-0.2, 0) is 19.6 Å². The van der Waals surface area contributed by atoms with Crippen LogP contribution in [0.15, 0.2) is 17.2 Å². The molecule has 1 fully saturated rings. The van der Waals surface area contributed by atoms with E-state index in [4.69, 9.17) is 5.11 Å². The van der Waals surface area contributed by atoms with Crippen molar-refractivity contribution in [3.05, 3.63) is 18.0 Å². The molecule has 1 aromatic rings. The number of nitrogens with zero attached hydrogens (tertiary/aromatic N) is 1. The highest BCUT2D eigenvalue weighted by Gasteiger charge is 2.38. The van der Waals surface area contributed by atoms with Crippen LogP contribution in [0.3, 0.4) is 0 Å². The number of carbonyl (C=O) groups excluding carboxylic acids is 2. The first-order valence-electron chi connectivity index (χ1n) is 5.47. The summed E-state index contributed by atoms with van der Waals surface area (Å²) in [7, 11) is -2.82. The highest BCUT2D eigenvalue weighted by Crippen LogP contribution is 2.16. The highest BCUT2D eigenvalue weighted by atomic mass is 32.2. The second-order valence-corrected chi connectivity index (χ2v) is 5.94. The predicted octanol–water partition coefficient (Wildman–Crippen LogP) is -1.25. The third kappa shape index (κ3) is 2.42. The molecule has 0 spiro atoms. The average molecular weight is 301 g/mol. The lowest BCUT2D eigenvalue weighted by atomic mass is 10.3. The molecule has 1 aliphatic rings. The lowest BCUT2D eigenvalue weighted by molar-refractivity contribution is -0.137. The van der Waals surface area contributed by atoms with Gasteiger partial charge < -0.3 is 10.1 Å². The second-order valence-electron chi connectivity index (χ2n) is 4.22. The van der Waals surface area contributed by atoms with Crippen molar-refractivity contribution in [1.82, 2.24) is 14.6 Å². The molecule has 0 aromatic carbocycles. The summed E-state index contributed by atoms with van der Waals surface area (Å²) in [5.74, 6) is -2.44. The number of carbonyl (C=O) groups is 3. The van der Waals surface area contributed by atoms with E-state index in [-0.39, 0.29) is 17.0 Å². The van der Waals surface area contributed by atoms with Gasteiger partial charge in [0, 0.05) is 13.2 Å². The van der Waals surface area contributed by atoms with E-state index in [1.54, 1.807) is 0 Å². The molecule has 10 heteroatoms. The van der Waals surface area contributed by atoms with E-state index in [1.165, 1.54) is 7.05 Å². The standard InChI is InChI=1S/C10H11N3O6S/c1-13-8(14)3-6(9(13)15)12-20(18,19)5-2-7(10(16)17)11-4-5/h2,4,6,11-12H,3H2,1H3,(H,16,17). The van der Waals surface area contributed by atoms with Crippen molar-refractivity contribution in [1.29, 1.82) is 0 Å². The fourth-order valence-electron chi connectivity index (χ4n) is 1.76. The molecule has 1 saturated heterocycles. The van der Waals surface area contributed by atoms with E-state index in [1.807, 2.05) is 0 Å². The zero-order valence-electron chi connectivity index (χ0n) is 10.3. The molecule has 1 aliphatic heterocycles. The molecular formula is C10H11N3O6S. The number of H-pyrrole nitrogens is 1. The van der Waals surface area contributed by atoms with Crippen molar-refractivity contribution in [2.75, 3.05) is 7.05 Å². The van der Waals surface area contributed by atoms with Crippen LogP contribution in [0.1, 0.15) is 16.9 Å². The number of rotatable bonds is 4. The van der Waals surface area contributed by atoms with Crippen LogP contribution in [0.5, 0.6) is 0 Å². The van der Waals surface area contributed by atoms with Crippen LogP contribution in [0.4, 0.5) is 0 Å². The number of aromatic carboxylic acids is 1. The molecular weight excluding hydrogens is 290 g/mol. The summed E-state index contributed by atoms with van der Waals surface area (Å²) < 4.78 is 26.0. The number of nitrogens with one attached hydrogen (secondary N) is 2. The van der Waals surface area contributed by atoms with Crippen LogP contribution < -0.4 is 4.72 Å². The van der Waals surface area contributed by atoms with Gasteiger partial charge in [-0.25, -0.2) is 13.2 Å². The van der Waals surface area contributed by atoms with Crippen LogP contribution in [-0.4, -0.2) is 54.3 Å². The zero-order valence-corrected chi connectivity index (χ0v) is 11.1. The maximum absolute atomic E-state index is 12.0. The van der Waals surface area contributed by atoms with E-state index in [0.29, 0.717) is 0 Å². The molecule has 3 N–H and O–H groups in total. The van der Waals surface area contributed by atoms with E-state index in [0.717, 1.165) is 17.2 Å². The largest absolute Gasteiger partial charge is 0.477 e. The van der Waals surface area contributed by atoms with E-state index < -0.39 is 33.8 Å². The maximum atomic E-state index is 12.0. The molecule has 9 nitrogen and oxygen atoms in total. The normalized spacial score (nSPS) is 19.6. The molecule has 0 radical (unpaired) electrons. The van der Waals surface area contributed by atoms with Gasteiger partial charge >= 0.3 is 5.97 Å². The smallest absolute Gasteiger partial charge is 0.352 e. The quantitative estimate of drug-likeness (QED) is 0.594. The van der Waals surface area contributed by atoms with E-state index in [9.17, 15) is 22.8 Å². The van der Waals surface area contributed by atoms with Crippen LogP contribution in [0, 0.1) is 0 Å². The summed E-state index contributed by atoms with van der Waals surface area (Å²) in [5, 5.41) is 8.71. The van der Waals surface area contributed by atoms with Gasteiger partial charge in [0.1, 0.15) is 16.6 Å². The molecule has 1 atom stereocenters. The molecule has 1 aromatic heterocycles. The SMILES string of the molecule is CN1C(=O)CC(NS(=O)(=O)c2c[nH]c(C(=O)O)c2)C1=O. The summed E-state index contributed by atoms with van der Waals surface area (Å²) in [6.07, 6.45) is 0.738. The number of hydrogen-bond donors (Lipinski definition) is 3. The number of carboxylic acid groups (broad SMARTS) is 1. The number of hydrogen-bond acceptors (Lipinski definition) is 5. The minimum atomic E-state index is -4.08. The number of aromatic nitrogens is 1. The predicted molar refractivity (Wildman–Crippen MR) is 64.3 cm³/mol. The fraction of sp³-hybridized carbons (Fsp3) is 0.300. The summed E-state index contributed by atoms with van der Waals surface area (Å²) in [4.78, 5) is 36.4. The van der Waals surface area contributed by atoms with Gasteiger partial charge in [0.25, 0.3) is 0 Å². The van der Waals surface area contributed by atoms with Crippen molar-refractivity contribution in [3.63, 3.8) is 0 Å². The number of aromatic amines is 1. The van der Waals surface area contributed by atoms with Crippen molar-refractivity contribution >= 4 is 27.8 Å². The molecule has 0 aliphatic carbocycles. The lowest BCUT2D eigenvalue weighted by Crippen LogP contribution is -2.40. The molecule has 2 amide bonds. The topological polar surface area (TPSA) is 137 Å². The number of imide groups is 1. The monoisotopic (exact) mass is 301 g/mol. The van der Waals surface area contributed by atoms with E-state index in [2.05, 4.69) is 9.71 Å². The van der Waals surface area contributed by atoms with Gasteiger partial charge in [-0.05, 0) is 6.07 Å². The second kappa shape index (κ2) is 4.72. The van der Waals surface area contributed by atoms with Crippen molar-refractivity contribution in [3.8, 4) is 0 Å². The number of sulfonamides is 1. The molecule has 2 heterocycles. The first kappa shape index (κ1) is 14.2. The first-order chi connectivity index (χ1) is 9.22. The lowest BCUT2D eigenvalue weighted by Gasteiger charge is -2.10. The minimum absolute atomic E-state index is 0.259. The number of amides is 2. The molecule has 0 bridgehead atoms. The zero-order chi connectivity index (χ0) is 15.1. The molecule has 1 unspecified atom stereocenters. The molecule has 108 valence electrons. The van der Waals surface area contributed by atoms with Gasteiger partial charge in [-0.2, -0.15) is 4.72 Å². The van der Waals surface area contributed by atoms with Gasteiger partial charge in [0.15, 0.2) is 0 Å². The third-order valence-corrected chi connectivity index (χ3v) is 4.33. The van der Waals surface area contributed by atoms with Gasteiger partial charge in [-0.15, -0.1) is 0 Å². The summed E-state index contributed by atoms with van der Waals surface area (Å²) in [6, 6.07) is -0.240. The highest BCUT2D eigenvalue weighted by molar-refractivity contribution is 7.89. The van der Waals surface area contributed by atoms with Gasteiger partial charge in [0.2, 0.25) is 21.8 Å². The van der Waals surface area contributed by atoms with Crippen LogP contribution >= 0.6 is 0 Å². The molecule has 2 rings (SSSR count). The van der Waals surface area contributed by atoms with Gasteiger partial charge in [0.05, 0.1) is 6.42 Å². The third-order valence-electron chi connectivity index (χ3n) is 2.88. The average Bonchev–Trinajstić information content (AvgIpc) is 2.93. The Morgan fingerprint density at radius 2 is 2.15 bits per heavy atom. The summed E-state index contributed by atoms with van der Waals surface area (Å²) in [6.45, 7) is 0. The minimum Gasteiger partial charge on any atom is -0.477 e. The number of likely N-dealkylation sites (N-methyl/N-ethyl adjacent to an activating group) is 1. The maximum Gasteiger partial charge on any atom is 0.352 e. The molecule has 20 heavy (non-hydrogen) atoms. The van der Waals surface area contributed by atoms with Crippen LogP contribution in [0.2, 0.25) is 0 Å². The van der Waals surface area contributed by atoms with Crippen LogP contribution in [0.25, 0.3) is 0 Å².